The monoisotopic (exact) mass is 292 g/mol. The van der Waals surface area contributed by atoms with Crippen LogP contribution in [0, 0.1) is 11.3 Å². The van der Waals surface area contributed by atoms with E-state index in [0.717, 1.165) is 17.7 Å². The van der Waals surface area contributed by atoms with E-state index in [-0.39, 0.29) is 11.8 Å². The first kappa shape index (κ1) is 13.5. The van der Waals surface area contributed by atoms with Crippen LogP contribution in [0.5, 0.6) is 0 Å². The minimum Gasteiger partial charge on any atom is -0.273 e. The van der Waals surface area contributed by atoms with Crippen LogP contribution in [-0.2, 0) is 4.79 Å². The maximum Gasteiger partial charge on any atom is 0.243 e. The number of rotatable bonds is 3. The fourth-order valence-electron chi connectivity index (χ4n) is 3.60. The Morgan fingerprint density at radius 2 is 1.95 bits per heavy atom. The third-order valence-corrected chi connectivity index (χ3v) is 5.36. The van der Waals surface area contributed by atoms with E-state index in [0.29, 0.717) is 5.41 Å². The van der Waals surface area contributed by atoms with Gasteiger partial charge in [0.25, 0.3) is 0 Å². The smallest absolute Gasteiger partial charge is 0.243 e. The van der Waals surface area contributed by atoms with Crippen molar-refractivity contribution >= 4 is 22.4 Å². The summed E-state index contributed by atoms with van der Waals surface area (Å²) in [6.45, 7) is 1.94. The van der Waals surface area contributed by atoms with E-state index < -0.39 is 0 Å². The summed E-state index contributed by atoms with van der Waals surface area (Å²) < 4.78 is 0. The topological polar surface area (TPSA) is 41.5 Å². The molecule has 2 aromatic rings. The molecule has 1 atom stereocenters. The molecule has 0 radical (unpaired) electrons. The molecule has 2 fully saturated rings. The molecular formula is C19H20N2O. The molecule has 2 saturated carbocycles. The van der Waals surface area contributed by atoms with Crippen molar-refractivity contribution in [2.45, 2.75) is 32.6 Å². The van der Waals surface area contributed by atoms with Crippen LogP contribution in [0.2, 0.25) is 0 Å². The number of nitrogens with one attached hydrogen (secondary N) is 1. The maximum atomic E-state index is 12.1. The van der Waals surface area contributed by atoms with E-state index in [1.807, 2.05) is 19.1 Å². The molecule has 2 aliphatic rings. The predicted octanol–water partition coefficient (Wildman–Crippen LogP) is 3.87. The van der Waals surface area contributed by atoms with Gasteiger partial charge < -0.3 is 0 Å². The van der Waals surface area contributed by atoms with Crippen molar-refractivity contribution in [2.24, 2.45) is 16.4 Å². The van der Waals surface area contributed by atoms with Crippen molar-refractivity contribution in [1.82, 2.24) is 5.43 Å². The predicted molar refractivity (Wildman–Crippen MR) is 88.7 cm³/mol. The molecule has 1 N–H and O–H groups in total. The van der Waals surface area contributed by atoms with Gasteiger partial charge in [0.05, 0.1) is 5.71 Å². The van der Waals surface area contributed by atoms with Crippen LogP contribution in [0.15, 0.2) is 47.6 Å². The van der Waals surface area contributed by atoms with Crippen molar-refractivity contribution in [2.75, 3.05) is 0 Å². The molecule has 0 saturated heterocycles. The zero-order valence-electron chi connectivity index (χ0n) is 12.8. The van der Waals surface area contributed by atoms with Crippen molar-refractivity contribution in [3.05, 3.63) is 48.0 Å². The lowest BCUT2D eigenvalue weighted by molar-refractivity contribution is -0.123. The molecule has 0 aromatic heterocycles. The quantitative estimate of drug-likeness (QED) is 0.677. The van der Waals surface area contributed by atoms with E-state index in [1.54, 1.807) is 0 Å². The van der Waals surface area contributed by atoms with Crippen molar-refractivity contribution in [3.8, 4) is 0 Å². The summed E-state index contributed by atoms with van der Waals surface area (Å²) in [4.78, 5) is 12.1. The molecule has 1 amide bonds. The highest BCUT2D eigenvalue weighted by molar-refractivity contribution is 6.02. The maximum absolute atomic E-state index is 12.1. The van der Waals surface area contributed by atoms with E-state index in [9.17, 15) is 4.79 Å². The van der Waals surface area contributed by atoms with Gasteiger partial charge in [-0.05, 0) is 54.0 Å². The third-order valence-electron chi connectivity index (χ3n) is 5.36. The number of carbonyl (C=O) groups excluding carboxylic acids is 1. The van der Waals surface area contributed by atoms with E-state index in [2.05, 4.69) is 40.9 Å². The van der Waals surface area contributed by atoms with Gasteiger partial charge in [-0.2, -0.15) is 5.10 Å². The molecule has 2 aromatic carbocycles. The standard InChI is InChI=1S/C19H20N2O/c1-13(15-8-7-14-5-2-3-6-16(14)11-15)20-21-18(22)17-12-19(17)9-4-10-19/h2-3,5-8,11,17H,4,9-10,12H2,1H3,(H,21,22)/b20-13-. The van der Waals surface area contributed by atoms with E-state index in [1.165, 1.54) is 30.0 Å². The molecule has 0 aliphatic heterocycles. The average Bonchev–Trinajstić information content (AvgIpc) is 3.28. The Bertz CT molecular complexity index is 774. The fourth-order valence-corrected chi connectivity index (χ4v) is 3.60. The van der Waals surface area contributed by atoms with Crippen LogP contribution in [-0.4, -0.2) is 11.6 Å². The van der Waals surface area contributed by atoms with Crippen molar-refractivity contribution in [3.63, 3.8) is 0 Å². The van der Waals surface area contributed by atoms with Gasteiger partial charge in [0.1, 0.15) is 0 Å². The van der Waals surface area contributed by atoms with E-state index >= 15 is 0 Å². The largest absolute Gasteiger partial charge is 0.273 e. The lowest BCUT2D eigenvalue weighted by Gasteiger charge is -2.25. The Kier molecular flexibility index (Phi) is 3.03. The molecule has 3 nitrogen and oxygen atoms in total. The SMILES string of the molecule is C/C(=N/NC(=O)C1CC12CCC2)c1ccc2ccccc2c1. The molecule has 3 heteroatoms. The zero-order chi connectivity index (χ0) is 15.2. The molecule has 22 heavy (non-hydrogen) atoms. The molecule has 4 rings (SSSR count). The number of benzene rings is 2. The van der Waals surface area contributed by atoms with E-state index in [4.69, 9.17) is 0 Å². The van der Waals surface area contributed by atoms with Crippen LogP contribution in [0.4, 0.5) is 0 Å². The zero-order valence-corrected chi connectivity index (χ0v) is 12.8. The van der Waals surface area contributed by atoms with Crippen LogP contribution in [0.25, 0.3) is 10.8 Å². The summed E-state index contributed by atoms with van der Waals surface area (Å²) in [5.74, 6) is 0.300. The Morgan fingerprint density at radius 1 is 1.18 bits per heavy atom. The first-order valence-electron chi connectivity index (χ1n) is 8.01. The number of amides is 1. The third kappa shape index (κ3) is 2.21. The summed E-state index contributed by atoms with van der Waals surface area (Å²) in [6, 6.07) is 14.5. The normalized spacial score (nSPS) is 22.4. The Hall–Kier alpha value is -2.16. The minimum absolute atomic E-state index is 0.0971. The number of hydrazone groups is 1. The number of fused-ring (bicyclic) bond motifs is 1. The van der Waals surface area contributed by atoms with Crippen molar-refractivity contribution in [1.29, 1.82) is 0 Å². The highest BCUT2D eigenvalue weighted by atomic mass is 16.2. The highest BCUT2D eigenvalue weighted by Crippen LogP contribution is 2.65. The molecule has 1 spiro atoms. The van der Waals surface area contributed by atoms with Crippen LogP contribution in [0.3, 0.4) is 0 Å². The van der Waals surface area contributed by atoms with Gasteiger partial charge in [-0.1, -0.05) is 42.8 Å². The van der Waals surface area contributed by atoms with Gasteiger partial charge in [-0.3, -0.25) is 4.79 Å². The number of hydrogen-bond donors (Lipinski definition) is 1. The van der Waals surface area contributed by atoms with Crippen molar-refractivity contribution < 1.29 is 4.79 Å². The molecule has 0 heterocycles. The van der Waals surface area contributed by atoms with Gasteiger partial charge in [-0.15, -0.1) is 0 Å². The lowest BCUT2D eigenvalue weighted by Crippen LogP contribution is -2.26. The Labute approximate surface area is 130 Å². The van der Waals surface area contributed by atoms with Gasteiger partial charge in [0.15, 0.2) is 0 Å². The number of nitrogens with zero attached hydrogens (tertiary/aromatic N) is 1. The summed E-state index contributed by atoms with van der Waals surface area (Å²) in [7, 11) is 0. The summed E-state index contributed by atoms with van der Waals surface area (Å²) in [5.41, 5.74) is 5.02. The summed E-state index contributed by atoms with van der Waals surface area (Å²) >= 11 is 0. The molecule has 2 aliphatic carbocycles. The molecule has 0 bridgehead atoms. The van der Waals surface area contributed by atoms with Gasteiger partial charge >= 0.3 is 0 Å². The average molecular weight is 292 g/mol. The van der Waals surface area contributed by atoms with Crippen LogP contribution < -0.4 is 5.43 Å². The Balaban J connectivity index is 1.47. The minimum atomic E-state index is 0.0971. The molecular weight excluding hydrogens is 272 g/mol. The first-order chi connectivity index (χ1) is 10.7. The Morgan fingerprint density at radius 3 is 2.64 bits per heavy atom. The fraction of sp³-hybridized carbons (Fsp3) is 0.368. The summed E-state index contributed by atoms with van der Waals surface area (Å²) in [5, 5.41) is 6.71. The van der Waals surface area contributed by atoms with Gasteiger partial charge in [0, 0.05) is 5.92 Å². The van der Waals surface area contributed by atoms with Crippen LogP contribution in [0.1, 0.15) is 38.2 Å². The second-order valence-electron chi connectivity index (χ2n) is 6.71. The first-order valence-corrected chi connectivity index (χ1v) is 8.01. The number of hydrogen-bond acceptors (Lipinski definition) is 2. The molecule has 112 valence electrons. The molecule has 1 unspecified atom stereocenters. The van der Waals surface area contributed by atoms with Gasteiger partial charge in [0.2, 0.25) is 5.91 Å². The lowest BCUT2D eigenvalue weighted by atomic mass is 9.80. The van der Waals surface area contributed by atoms with Gasteiger partial charge in [-0.25, -0.2) is 5.43 Å². The summed E-state index contributed by atoms with van der Waals surface area (Å²) in [6.07, 6.45) is 4.78. The second kappa shape index (κ2) is 4.94. The second-order valence-corrected chi connectivity index (χ2v) is 6.71. The van der Waals surface area contributed by atoms with Crippen LogP contribution >= 0.6 is 0 Å². The highest BCUT2D eigenvalue weighted by Gasteiger charge is 2.60. The number of carbonyl (C=O) groups is 1.